The number of fused-ring (bicyclic) bond motifs is 3. The molecule has 0 N–H and O–H groups in total. The van der Waals surface area contributed by atoms with E-state index < -0.39 is 5.82 Å². The van der Waals surface area contributed by atoms with Crippen molar-refractivity contribution in [3.63, 3.8) is 0 Å². The molecule has 0 bridgehead atoms. The lowest BCUT2D eigenvalue weighted by Crippen LogP contribution is -2.56. The van der Waals surface area contributed by atoms with Crippen molar-refractivity contribution in [1.29, 1.82) is 0 Å². The summed E-state index contributed by atoms with van der Waals surface area (Å²) in [5, 5.41) is 2.78. The van der Waals surface area contributed by atoms with Gasteiger partial charge < -0.3 is 19.4 Å². The van der Waals surface area contributed by atoms with E-state index in [0.29, 0.717) is 59.1 Å². The van der Waals surface area contributed by atoms with E-state index in [1.54, 1.807) is 11.0 Å². The highest BCUT2D eigenvalue weighted by molar-refractivity contribution is 6.36. The number of anilines is 1. The maximum Gasteiger partial charge on any atom is 0.319 e. The molecule has 0 radical (unpaired) electrons. The van der Waals surface area contributed by atoms with Gasteiger partial charge in [-0.05, 0) is 74.0 Å². The van der Waals surface area contributed by atoms with Gasteiger partial charge in [-0.2, -0.15) is 9.97 Å². The molecular formula is C35H34ClFN6O2. The molecule has 4 aromatic rings. The van der Waals surface area contributed by atoms with Crippen molar-refractivity contribution in [2.75, 3.05) is 50.8 Å². The van der Waals surface area contributed by atoms with Crippen molar-refractivity contribution >= 4 is 45.0 Å². The van der Waals surface area contributed by atoms with E-state index in [1.807, 2.05) is 41.3 Å². The minimum Gasteiger partial charge on any atom is -0.461 e. The van der Waals surface area contributed by atoms with Crippen LogP contribution in [0.2, 0.25) is 5.02 Å². The second-order valence-corrected chi connectivity index (χ2v) is 12.6. The molecular weight excluding hydrogens is 591 g/mol. The SMILES string of the molecule is [C-]#[N+]C[C@H]1CN(c2nc(OCC34CCCN3CCC4)nc3cc(-c4cccc5cccc(Cl)c45)c(F)cc23)CCN1C(=O)C=C. The molecule has 0 saturated carbocycles. The van der Waals surface area contributed by atoms with Gasteiger partial charge in [0.15, 0.2) is 0 Å². The summed E-state index contributed by atoms with van der Waals surface area (Å²) < 4.78 is 22.6. The van der Waals surface area contributed by atoms with Gasteiger partial charge in [-0.1, -0.05) is 48.5 Å². The Balaban J connectivity index is 1.33. The normalized spacial score (nSPS) is 19.5. The van der Waals surface area contributed by atoms with Gasteiger partial charge in [-0.15, -0.1) is 0 Å². The summed E-state index contributed by atoms with van der Waals surface area (Å²) in [4.78, 5) is 32.1. The quantitative estimate of drug-likeness (QED) is 0.176. The van der Waals surface area contributed by atoms with Gasteiger partial charge in [-0.3, -0.25) is 9.69 Å². The molecule has 1 amide bonds. The fourth-order valence-electron chi connectivity index (χ4n) is 7.52. The van der Waals surface area contributed by atoms with Crippen molar-refractivity contribution in [3.8, 4) is 17.1 Å². The zero-order valence-electron chi connectivity index (χ0n) is 25.0. The Hall–Kier alpha value is -4.26. The highest BCUT2D eigenvalue weighted by atomic mass is 35.5. The maximum absolute atomic E-state index is 16.2. The standard InChI is InChI=1S/C35H34ClFN6O2/c1-3-31(44)43-17-16-41(21-24(43)20-38-2)33-27-18-29(37)26(25-10-4-8-23-9-5-11-28(36)32(23)25)19-30(27)39-34(40-33)45-22-35-12-6-14-42(35)15-7-13-35/h3-5,8-11,18-19,24H,1,6-7,12-17,20-22H2/t24-/m0/s1. The number of halogens is 2. The third-order valence-electron chi connectivity index (χ3n) is 9.71. The number of carbonyl (C=O) groups excluding carboxylic acids is 1. The Morgan fingerprint density at radius 3 is 2.64 bits per heavy atom. The molecule has 3 fully saturated rings. The van der Waals surface area contributed by atoms with Crippen molar-refractivity contribution in [3.05, 3.63) is 83.4 Å². The Labute approximate surface area is 266 Å². The number of piperazine rings is 1. The van der Waals surface area contributed by atoms with E-state index in [0.717, 1.165) is 49.5 Å². The summed E-state index contributed by atoms with van der Waals surface area (Å²) >= 11 is 6.63. The Morgan fingerprint density at radius 1 is 1.11 bits per heavy atom. The molecule has 8 nitrogen and oxygen atoms in total. The molecule has 1 atom stereocenters. The molecule has 0 unspecified atom stereocenters. The number of rotatable bonds is 7. The van der Waals surface area contributed by atoms with Gasteiger partial charge in [0, 0.05) is 41.0 Å². The summed E-state index contributed by atoms with van der Waals surface area (Å²) in [6.07, 6.45) is 5.76. The maximum atomic E-state index is 16.2. The van der Waals surface area contributed by atoms with E-state index in [-0.39, 0.29) is 30.0 Å². The van der Waals surface area contributed by atoms with Crippen molar-refractivity contribution in [2.24, 2.45) is 0 Å². The van der Waals surface area contributed by atoms with Gasteiger partial charge in [0.1, 0.15) is 24.3 Å². The molecule has 0 spiro atoms. The van der Waals surface area contributed by atoms with E-state index in [4.69, 9.17) is 32.9 Å². The Bertz CT molecular complexity index is 1840. The number of hydrogen-bond donors (Lipinski definition) is 0. The average Bonchev–Trinajstić information content (AvgIpc) is 3.64. The predicted molar refractivity (Wildman–Crippen MR) is 175 cm³/mol. The summed E-state index contributed by atoms with van der Waals surface area (Å²) in [7, 11) is 0. The second kappa shape index (κ2) is 11.9. The van der Waals surface area contributed by atoms with Gasteiger partial charge in [0.05, 0.1) is 11.1 Å². The van der Waals surface area contributed by atoms with Crippen LogP contribution in [0.5, 0.6) is 6.01 Å². The molecule has 3 saturated heterocycles. The average molecular weight is 625 g/mol. The van der Waals surface area contributed by atoms with Crippen LogP contribution in [0.1, 0.15) is 25.7 Å². The monoisotopic (exact) mass is 624 g/mol. The van der Waals surface area contributed by atoms with Gasteiger partial charge in [0.25, 0.3) is 0 Å². The van der Waals surface area contributed by atoms with Gasteiger partial charge in [0.2, 0.25) is 12.5 Å². The first kappa shape index (κ1) is 29.5. The van der Waals surface area contributed by atoms with Crippen molar-refractivity contribution in [1.82, 2.24) is 19.8 Å². The lowest BCUT2D eigenvalue weighted by Gasteiger charge is -2.39. The van der Waals surface area contributed by atoms with E-state index in [9.17, 15) is 4.79 Å². The Kier molecular flexibility index (Phi) is 7.80. The van der Waals surface area contributed by atoms with Crippen LogP contribution in [0, 0.1) is 12.4 Å². The summed E-state index contributed by atoms with van der Waals surface area (Å²) in [5.41, 5.74) is 1.62. The van der Waals surface area contributed by atoms with Crippen LogP contribution in [-0.2, 0) is 4.79 Å². The fraction of sp³-hybridized carbons (Fsp3) is 0.371. The molecule has 3 aromatic carbocycles. The molecule has 0 aliphatic carbocycles. The highest BCUT2D eigenvalue weighted by Gasteiger charge is 2.45. The van der Waals surface area contributed by atoms with Crippen LogP contribution in [0.3, 0.4) is 0 Å². The topological polar surface area (TPSA) is 66.2 Å². The van der Waals surface area contributed by atoms with E-state index in [2.05, 4.69) is 16.3 Å². The second-order valence-electron chi connectivity index (χ2n) is 12.2. The third-order valence-corrected chi connectivity index (χ3v) is 10.0. The summed E-state index contributed by atoms with van der Waals surface area (Å²) in [6.45, 7) is 15.1. The first-order valence-corrected chi connectivity index (χ1v) is 15.9. The molecule has 1 aromatic heterocycles. The minimum absolute atomic E-state index is 0.00351. The van der Waals surface area contributed by atoms with Crippen LogP contribution < -0.4 is 9.64 Å². The van der Waals surface area contributed by atoms with Crippen molar-refractivity contribution in [2.45, 2.75) is 37.3 Å². The minimum atomic E-state index is -0.418. The van der Waals surface area contributed by atoms with Crippen LogP contribution in [-0.4, -0.2) is 83.1 Å². The first-order valence-electron chi connectivity index (χ1n) is 15.5. The zero-order valence-corrected chi connectivity index (χ0v) is 25.8. The molecule has 4 heterocycles. The molecule has 3 aliphatic rings. The predicted octanol–water partition coefficient (Wildman–Crippen LogP) is 6.37. The van der Waals surface area contributed by atoms with Crippen LogP contribution in [0.25, 0.3) is 37.6 Å². The summed E-state index contributed by atoms with van der Waals surface area (Å²) in [5.74, 6) is -0.0939. The number of amides is 1. The zero-order chi connectivity index (χ0) is 31.1. The number of nitrogens with zero attached hydrogens (tertiary/aromatic N) is 6. The first-order chi connectivity index (χ1) is 21.9. The van der Waals surface area contributed by atoms with E-state index >= 15 is 4.39 Å². The molecule has 7 rings (SSSR count). The third kappa shape index (κ3) is 5.26. The van der Waals surface area contributed by atoms with Gasteiger partial charge in [-0.25, -0.2) is 11.0 Å². The lowest BCUT2D eigenvalue weighted by molar-refractivity contribution is -0.128. The Morgan fingerprint density at radius 2 is 1.89 bits per heavy atom. The fourth-order valence-corrected chi connectivity index (χ4v) is 7.80. The van der Waals surface area contributed by atoms with Crippen LogP contribution in [0.15, 0.2) is 61.2 Å². The largest absolute Gasteiger partial charge is 0.461 e. The summed E-state index contributed by atoms with van der Waals surface area (Å²) in [6, 6.07) is 14.5. The number of ether oxygens (including phenoxy) is 1. The molecule has 3 aliphatic heterocycles. The van der Waals surface area contributed by atoms with Crippen LogP contribution in [0.4, 0.5) is 10.2 Å². The number of carbonyl (C=O) groups is 1. The van der Waals surface area contributed by atoms with Gasteiger partial charge >= 0.3 is 6.01 Å². The molecule has 45 heavy (non-hydrogen) atoms. The highest BCUT2D eigenvalue weighted by Crippen LogP contribution is 2.41. The van der Waals surface area contributed by atoms with Crippen molar-refractivity contribution < 1.29 is 13.9 Å². The smallest absolute Gasteiger partial charge is 0.319 e. The molecule has 10 heteroatoms. The lowest BCUT2D eigenvalue weighted by atomic mass is 9.95. The van der Waals surface area contributed by atoms with Crippen LogP contribution >= 0.6 is 11.6 Å². The van der Waals surface area contributed by atoms with E-state index in [1.165, 1.54) is 12.1 Å². The number of aromatic nitrogens is 2. The number of hydrogen-bond acceptors (Lipinski definition) is 6. The molecule has 230 valence electrons. The number of benzene rings is 3.